The summed E-state index contributed by atoms with van der Waals surface area (Å²) >= 11 is 0. The van der Waals surface area contributed by atoms with Crippen LogP contribution in [0.1, 0.15) is 37.3 Å². The van der Waals surface area contributed by atoms with E-state index in [4.69, 9.17) is 9.57 Å². The summed E-state index contributed by atoms with van der Waals surface area (Å²) < 4.78 is 5.66. The third-order valence-corrected chi connectivity index (χ3v) is 4.34. The maximum absolute atomic E-state index is 12.1. The standard InChI is InChI=1S/C21H20N2O6/c1-2-3-4-11-28-17-8-5-14(6-9-17)20-18(21(25)29-22-20)13-15-12-16(23(26)27)7-10-19(15)24/h5-10,12-13,24H,2-4,11H2,1H3/p-1/b18-13-. The highest BCUT2D eigenvalue weighted by atomic mass is 16.7. The molecule has 8 heteroatoms. The van der Waals surface area contributed by atoms with Crippen LogP contribution in [0.15, 0.2) is 53.2 Å². The zero-order valence-electron chi connectivity index (χ0n) is 15.8. The van der Waals surface area contributed by atoms with E-state index in [1.165, 1.54) is 6.08 Å². The lowest BCUT2D eigenvalue weighted by atomic mass is 10.00. The lowest BCUT2D eigenvalue weighted by Crippen LogP contribution is -2.07. The molecule has 2 aromatic rings. The third kappa shape index (κ3) is 4.78. The van der Waals surface area contributed by atoms with Crippen molar-refractivity contribution in [3.8, 4) is 11.5 Å². The number of nitro benzene ring substituents is 1. The van der Waals surface area contributed by atoms with Crippen molar-refractivity contribution in [3.63, 3.8) is 0 Å². The SMILES string of the molecule is CCCCCOc1ccc(C2=NOC(=O)/C2=C\c2cc([N+](=O)[O-])ccc2[O-])cc1. The van der Waals surface area contributed by atoms with Crippen molar-refractivity contribution in [3.05, 3.63) is 69.3 Å². The van der Waals surface area contributed by atoms with Gasteiger partial charge < -0.3 is 14.7 Å². The van der Waals surface area contributed by atoms with Crippen molar-refractivity contribution in [2.24, 2.45) is 5.16 Å². The van der Waals surface area contributed by atoms with Gasteiger partial charge in [0.15, 0.2) is 0 Å². The van der Waals surface area contributed by atoms with Crippen LogP contribution >= 0.6 is 0 Å². The van der Waals surface area contributed by atoms with E-state index < -0.39 is 16.6 Å². The number of hydrogen-bond donors (Lipinski definition) is 0. The first-order chi connectivity index (χ1) is 14.0. The topological polar surface area (TPSA) is 114 Å². The molecule has 0 aliphatic carbocycles. The smallest absolute Gasteiger partial charge is 0.368 e. The van der Waals surface area contributed by atoms with Crippen LogP contribution in [0.2, 0.25) is 0 Å². The number of hydrogen-bond acceptors (Lipinski definition) is 7. The zero-order chi connectivity index (χ0) is 20.8. The second-order valence-corrected chi connectivity index (χ2v) is 6.44. The minimum atomic E-state index is -0.731. The minimum Gasteiger partial charge on any atom is -0.872 e. The van der Waals surface area contributed by atoms with Crippen LogP contribution in [0, 0.1) is 10.1 Å². The van der Waals surface area contributed by atoms with Crippen molar-refractivity contribution in [2.75, 3.05) is 6.61 Å². The van der Waals surface area contributed by atoms with Gasteiger partial charge in [0, 0.05) is 17.7 Å². The second kappa shape index (κ2) is 9.01. The van der Waals surface area contributed by atoms with Gasteiger partial charge in [-0.15, -0.1) is 5.75 Å². The number of nitrogens with zero attached hydrogens (tertiary/aromatic N) is 2. The quantitative estimate of drug-likeness (QED) is 0.222. The molecule has 29 heavy (non-hydrogen) atoms. The minimum absolute atomic E-state index is 0.0108. The van der Waals surface area contributed by atoms with Crippen molar-refractivity contribution in [2.45, 2.75) is 26.2 Å². The van der Waals surface area contributed by atoms with E-state index in [1.54, 1.807) is 24.3 Å². The third-order valence-electron chi connectivity index (χ3n) is 4.34. The van der Waals surface area contributed by atoms with Gasteiger partial charge in [-0.3, -0.25) is 10.1 Å². The van der Waals surface area contributed by atoms with E-state index in [0.29, 0.717) is 17.9 Å². The summed E-state index contributed by atoms with van der Waals surface area (Å²) in [5, 5.41) is 26.8. The molecule has 3 rings (SSSR count). The number of non-ortho nitro benzene ring substituents is 1. The molecule has 0 saturated carbocycles. The molecule has 0 amide bonds. The van der Waals surface area contributed by atoms with Crippen molar-refractivity contribution in [1.29, 1.82) is 0 Å². The number of ether oxygens (including phenoxy) is 1. The van der Waals surface area contributed by atoms with Crippen LogP contribution in [0.25, 0.3) is 6.08 Å². The van der Waals surface area contributed by atoms with Gasteiger partial charge in [-0.1, -0.05) is 31.0 Å². The van der Waals surface area contributed by atoms with E-state index in [1.807, 2.05) is 0 Å². The van der Waals surface area contributed by atoms with E-state index in [-0.39, 0.29) is 22.5 Å². The average Bonchev–Trinajstić information content (AvgIpc) is 3.07. The monoisotopic (exact) mass is 395 g/mol. The number of benzene rings is 2. The van der Waals surface area contributed by atoms with Crippen molar-refractivity contribution in [1.82, 2.24) is 0 Å². The van der Waals surface area contributed by atoms with Gasteiger partial charge in [-0.05, 0) is 42.3 Å². The molecule has 0 bridgehead atoms. The van der Waals surface area contributed by atoms with Crippen LogP contribution in [0.4, 0.5) is 5.69 Å². The summed E-state index contributed by atoms with van der Waals surface area (Å²) in [6, 6.07) is 10.3. The molecule has 0 radical (unpaired) electrons. The Morgan fingerprint density at radius 1 is 1.17 bits per heavy atom. The molecular formula is C21H19N2O6-. The molecule has 1 aliphatic rings. The molecule has 0 spiro atoms. The van der Waals surface area contributed by atoms with Gasteiger partial charge >= 0.3 is 5.97 Å². The molecule has 0 saturated heterocycles. The zero-order valence-corrected chi connectivity index (χ0v) is 15.8. The highest BCUT2D eigenvalue weighted by Gasteiger charge is 2.27. The fourth-order valence-corrected chi connectivity index (χ4v) is 2.79. The van der Waals surface area contributed by atoms with E-state index >= 15 is 0 Å². The molecule has 2 aromatic carbocycles. The lowest BCUT2D eigenvalue weighted by Gasteiger charge is -2.10. The summed E-state index contributed by atoms with van der Waals surface area (Å²) in [5.74, 6) is -0.481. The molecule has 0 unspecified atom stereocenters. The van der Waals surface area contributed by atoms with E-state index in [9.17, 15) is 20.0 Å². The van der Waals surface area contributed by atoms with Crippen LogP contribution < -0.4 is 9.84 Å². The molecule has 0 N–H and O–H groups in total. The normalized spacial score (nSPS) is 14.6. The van der Waals surface area contributed by atoms with Crippen LogP contribution in [-0.4, -0.2) is 23.2 Å². The van der Waals surface area contributed by atoms with Gasteiger partial charge in [0.05, 0.1) is 17.1 Å². The Hall–Kier alpha value is -3.68. The summed E-state index contributed by atoms with van der Waals surface area (Å²) in [5.41, 5.74) is 0.668. The predicted octanol–water partition coefficient (Wildman–Crippen LogP) is 3.58. The fourth-order valence-electron chi connectivity index (χ4n) is 2.79. The lowest BCUT2D eigenvalue weighted by molar-refractivity contribution is -0.385. The van der Waals surface area contributed by atoms with Crippen LogP contribution in [0.3, 0.4) is 0 Å². The largest absolute Gasteiger partial charge is 0.872 e. The van der Waals surface area contributed by atoms with Gasteiger partial charge in [0.25, 0.3) is 5.69 Å². The van der Waals surface area contributed by atoms with Crippen molar-refractivity contribution < 1.29 is 24.4 Å². The predicted molar refractivity (Wildman–Crippen MR) is 105 cm³/mol. The Morgan fingerprint density at radius 2 is 1.93 bits per heavy atom. The van der Waals surface area contributed by atoms with Gasteiger partial charge in [-0.2, -0.15) is 0 Å². The Labute approximate surface area is 167 Å². The average molecular weight is 395 g/mol. The number of nitro groups is 1. The van der Waals surface area contributed by atoms with Crippen molar-refractivity contribution >= 4 is 23.4 Å². The summed E-state index contributed by atoms with van der Waals surface area (Å²) in [6.45, 7) is 2.75. The second-order valence-electron chi connectivity index (χ2n) is 6.44. The first-order valence-corrected chi connectivity index (χ1v) is 9.19. The maximum Gasteiger partial charge on any atom is 0.368 e. The van der Waals surface area contributed by atoms with Gasteiger partial charge in [0.2, 0.25) is 0 Å². The molecule has 0 fully saturated rings. The van der Waals surface area contributed by atoms with E-state index in [0.717, 1.165) is 37.5 Å². The molecule has 1 aliphatic heterocycles. The summed E-state index contributed by atoms with van der Waals surface area (Å²) in [7, 11) is 0. The summed E-state index contributed by atoms with van der Waals surface area (Å²) in [4.78, 5) is 27.2. The molecule has 0 aromatic heterocycles. The van der Waals surface area contributed by atoms with E-state index in [2.05, 4.69) is 12.1 Å². The molecule has 0 atom stereocenters. The fraction of sp³-hybridized carbons (Fsp3) is 0.238. The molecule has 8 nitrogen and oxygen atoms in total. The number of oxime groups is 1. The Morgan fingerprint density at radius 3 is 2.62 bits per heavy atom. The number of carbonyl (C=O) groups excluding carboxylic acids is 1. The first-order valence-electron chi connectivity index (χ1n) is 9.19. The maximum atomic E-state index is 12.1. The first kappa shape index (κ1) is 20.1. The Bertz CT molecular complexity index is 979. The molecule has 150 valence electrons. The van der Waals surface area contributed by atoms with Crippen LogP contribution in [0.5, 0.6) is 11.5 Å². The highest BCUT2D eigenvalue weighted by Crippen LogP contribution is 2.27. The van der Waals surface area contributed by atoms with Crippen LogP contribution in [-0.2, 0) is 9.63 Å². The highest BCUT2D eigenvalue weighted by molar-refractivity contribution is 6.31. The number of unbranched alkanes of at least 4 members (excludes halogenated alkanes) is 2. The number of rotatable bonds is 8. The summed E-state index contributed by atoms with van der Waals surface area (Å²) in [6.07, 6.45) is 4.45. The molecular weight excluding hydrogens is 376 g/mol. The van der Waals surface area contributed by atoms with Gasteiger partial charge in [-0.25, -0.2) is 4.79 Å². The van der Waals surface area contributed by atoms with Gasteiger partial charge in [0.1, 0.15) is 11.5 Å². The number of carbonyl (C=O) groups is 1. The Balaban J connectivity index is 1.83. The Kier molecular flexibility index (Phi) is 6.23. The molecule has 1 heterocycles.